The van der Waals surface area contributed by atoms with Crippen LogP contribution in [0.15, 0.2) is 46.9 Å². The topological polar surface area (TPSA) is 109 Å². The van der Waals surface area contributed by atoms with Crippen molar-refractivity contribution in [3.05, 3.63) is 58.1 Å². The molecule has 4 N–H and O–H groups in total. The molecule has 2 rings (SSSR count). The number of rotatable bonds is 8. The van der Waals surface area contributed by atoms with E-state index in [1.807, 2.05) is 0 Å². The lowest BCUT2D eigenvalue weighted by molar-refractivity contribution is -0.115. The zero-order valence-electron chi connectivity index (χ0n) is 17.8. The van der Waals surface area contributed by atoms with Gasteiger partial charge in [-0.2, -0.15) is 0 Å². The predicted molar refractivity (Wildman–Crippen MR) is 131 cm³/mol. The van der Waals surface area contributed by atoms with Crippen LogP contribution in [0, 0.1) is 0 Å². The number of hydrogen-bond acceptors (Lipinski definition) is 5. The van der Waals surface area contributed by atoms with Gasteiger partial charge in [-0.3, -0.25) is 30.6 Å². The predicted octanol–water partition coefficient (Wildman–Crippen LogP) is 3.93. The number of nitrogens with one attached hydrogen (secondary N) is 4. The van der Waals surface area contributed by atoms with Gasteiger partial charge in [0.2, 0.25) is 5.91 Å². The van der Waals surface area contributed by atoms with E-state index >= 15 is 0 Å². The third kappa shape index (κ3) is 7.93. The smallest absolute Gasteiger partial charge is 0.269 e. The van der Waals surface area contributed by atoms with E-state index in [0.717, 1.165) is 17.3 Å². The molecule has 0 radical (unpaired) electrons. The molecule has 170 valence electrons. The molecule has 0 aliphatic rings. The van der Waals surface area contributed by atoms with Gasteiger partial charge in [0.25, 0.3) is 11.8 Å². The van der Waals surface area contributed by atoms with E-state index in [4.69, 9.17) is 17.0 Å². The SMILES string of the molecule is CCCCOc1ccc(Br)cc1C(=O)NC(=S)NNC(=O)c1ccc(NC(=O)CC)cc1. The fourth-order valence-electron chi connectivity index (χ4n) is 2.47. The summed E-state index contributed by atoms with van der Waals surface area (Å²) in [7, 11) is 0. The van der Waals surface area contributed by atoms with Crippen LogP contribution < -0.4 is 26.2 Å². The Balaban J connectivity index is 1.91. The van der Waals surface area contributed by atoms with Crippen molar-refractivity contribution in [3.8, 4) is 5.75 Å². The van der Waals surface area contributed by atoms with Gasteiger partial charge in [-0.05, 0) is 61.1 Å². The highest BCUT2D eigenvalue weighted by atomic mass is 79.9. The molecule has 0 aromatic heterocycles. The number of carbonyl (C=O) groups is 3. The standard InChI is InChI=1S/C22H25BrN4O4S/c1-3-5-12-31-18-11-8-15(23)13-17(18)21(30)25-22(32)27-26-20(29)14-6-9-16(10-7-14)24-19(28)4-2/h6-11,13H,3-5,12H2,1-2H3,(H,24,28)(H,26,29)(H2,25,27,30,32). The van der Waals surface area contributed by atoms with Crippen LogP contribution in [-0.4, -0.2) is 29.4 Å². The molecule has 8 nitrogen and oxygen atoms in total. The number of anilines is 1. The number of halogens is 1. The highest BCUT2D eigenvalue weighted by molar-refractivity contribution is 9.10. The second-order valence-electron chi connectivity index (χ2n) is 6.68. The first-order valence-electron chi connectivity index (χ1n) is 10.1. The van der Waals surface area contributed by atoms with E-state index in [-0.39, 0.29) is 11.0 Å². The summed E-state index contributed by atoms with van der Waals surface area (Å²) in [5.41, 5.74) is 6.18. The van der Waals surface area contributed by atoms with Crippen molar-refractivity contribution in [2.45, 2.75) is 33.1 Å². The summed E-state index contributed by atoms with van der Waals surface area (Å²) in [4.78, 5) is 36.3. The van der Waals surface area contributed by atoms with E-state index in [9.17, 15) is 14.4 Å². The van der Waals surface area contributed by atoms with Crippen LogP contribution in [0.4, 0.5) is 5.69 Å². The number of hydrazine groups is 1. The molecule has 2 aromatic carbocycles. The molecule has 0 atom stereocenters. The van der Waals surface area contributed by atoms with Gasteiger partial charge >= 0.3 is 0 Å². The first-order chi connectivity index (χ1) is 15.3. The molecule has 0 unspecified atom stereocenters. The molecule has 10 heteroatoms. The first kappa shape index (κ1) is 25.3. The average Bonchev–Trinajstić information content (AvgIpc) is 2.78. The van der Waals surface area contributed by atoms with Crippen LogP contribution in [0.2, 0.25) is 0 Å². The Morgan fingerprint density at radius 1 is 1.00 bits per heavy atom. The lowest BCUT2D eigenvalue weighted by Crippen LogP contribution is -2.48. The summed E-state index contributed by atoms with van der Waals surface area (Å²) < 4.78 is 6.41. The fraction of sp³-hybridized carbons (Fsp3) is 0.273. The number of carbonyl (C=O) groups excluding carboxylic acids is 3. The van der Waals surface area contributed by atoms with Gasteiger partial charge in [0.15, 0.2) is 5.11 Å². The number of hydrogen-bond donors (Lipinski definition) is 4. The number of benzene rings is 2. The third-order valence-corrected chi connectivity index (χ3v) is 4.91. The summed E-state index contributed by atoms with van der Waals surface area (Å²) in [6.45, 7) is 4.30. The largest absolute Gasteiger partial charge is 0.493 e. The van der Waals surface area contributed by atoms with Crippen molar-refractivity contribution in [1.82, 2.24) is 16.2 Å². The number of thiocarbonyl (C=S) groups is 1. The van der Waals surface area contributed by atoms with Gasteiger partial charge in [-0.25, -0.2) is 0 Å². The van der Waals surface area contributed by atoms with Gasteiger partial charge in [0.1, 0.15) is 5.75 Å². The second-order valence-corrected chi connectivity index (χ2v) is 8.01. The summed E-state index contributed by atoms with van der Waals surface area (Å²) >= 11 is 8.45. The average molecular weight is 521 g/mol. The van der Waals surface area contributed by atoms with E-state index < -0.39 is 11.8 Å². The maximum atomic E-state index is 12.6. The molecule has 0 aliphatic heterocycles. The fourth-order valence-corrected chi connectivity index (χ4v) is 2.98. The Kier molecular flexibility index (Phi) is 10.1. The number of amides is 3. The van der Waals surface area contributed by atoms with Crippen LogP contribution >= 0.6 is 28.1 Å². The molecule has 2 aromatic rings. The molecule has 0 bridgehead atoms. The van der Waals surface area contributed by atoms with Crippen molar-refractivity contribution in [2.24, 2.45) is 0 Å². The van der Waals surface area contributed by atoms with Crippen LogP contribution in [0.25, 0.3) is 0 Å². The summed E-state index contributed by atoms with van der Waals surface area (Å²) in [5.74, 6) is -0.600. The molecule has 0 saturated heterocycles. The lowest BCUT2D eigenvalue weighted by atomic mass is 10.2. The Bertz CT molecular complexity index is 982. The van der Waals surface area contributed by atoms with Gasteiger partial charge < -0.3 is 10.1 Å². The molecule has 0 spiro atoms. The van der Waals surface area contributed by atoms with Gasteiger partial charge in [-0.15, -0.1) is 0 Å². The van der Waals surface area contributed by atoms with Crippen molar-refractivity contribution in [3.63, 3.8) is 0 Å². The first-order valence-corrected chi connectivity index (χ1v) is 11.3. The Morgan fingerprint density at radius 3 is 2.38 bits per heavy atom. The number of unbranched alkanes of at least 4 members (excludes halogenated alkanes) is 1. The van der Waals surface area contributed by atoms with Gasteiger partial charge in [0.05, 0.1) is 12.2 Å². The van der Waals surface area contributed by atoms with E-state index in [0.29, 0.717) is 35.6 Å². The highest BCUT2D eigenvalue weighted by Gasteiger charge is 2.15. The van der Waals surface area contributed by atoms with Gasteiger partial charge in [-0.1, -0.05) is 36.2 Å². The van der Waals surface area contributed by atoms with Crippen molar-refractivity contribution >= 4 is 56.7 Å². The molecule has 0 saturated carbocycles. The van der Waals surface area contributed by atoms with Gasteiger partial charge in [0, 0.05) is 22.1 Å². The minimum absolute atomic E-state index is 0.0744. The van der Waals surface area contributed by atoms with Crippen LogP contribution in [0.1, 0.15) is 53.8 Å². The summed E-state index contributed by atoms with van der Waals surface area (Å²) in [6.07, 6.45) is 2.21. The molecule has 32 heavy (non-hydrogen) atoms. The minimum Gasteiger partial charge on any atom is -0.493 e. The molecule has 0 aliphatic carbocycles. The van der Waals surface area contributed by atoms with E-state index in [1.165, 1.54) is 0 Å². The third-order valence-electron chi connectivity index (χ3n) is 4.21. The maximum absolute atomic E-state index is 12.6. The monoisotopic (exact) mass is 520 g/mol. The highest BCUT2D eigenvalue weighted by Crippen LogP contribution is 2.23. The number of ether oxygens (including phenoxy) is 1. The molecular formula is C22H25BrN4O4S. The molecular weight excluding hydrogens is 496 g/mol. The Hall–Kier alpha value is -2.98. The zero-order chi connectivity index (χ0) is 23.5. The normalized spacial score (nSPS) is 10.1. The molecule has 0 fully saturated rings. The van der Waals surface area contributed by atoms with Crippen LogP contribution in [-0.2, 0) is 4.79 Å². The van der Waals surface area contributed by atoms with E-state index in [2.05, 4.69) is 44.3 Å². The van der Waals surface area contributed by atoms with Crippen LogP contribution in [0.5, 0.6) is 5.75 Å². The van der Waals surface area contributed by atoms with E-state index in [1.54, 1.807) is 49.4 Å². The molecule has 3 amide bonds. The maximum Gasteiger partial charge on any atom is 0.269 e. The van der Waals surface area contributed by atoms with Crippen molar-refractivity contribution < 1.29 is 19.1 Å². The minimum atomic E-state index is -0.472. The lowest BCUT2D eigenvalue weighted by Gasteiger charge is -2.14. The van der Waals surface area contributed by atoms with Crippen molar-refractivity contribution in [1.29, 1.82) is 0 Å². The summed E-state index contributed by atoms with van der Waals surface area (Å²) in [6, 6.07) is 11.5. The quantitative estimate of drug-likeness (QED) is 0.238. The second kappa shape index (κ2) is 12.8. The zero-order valence-corrected chi connectivity index (χ0v) is 20.2. The Morgan fingerprint density at radius 2 is 1.72 bits per heavy atom. The van der Waals surface area contributed by atoms with Crippen molar-refractivity contribution in [2.75, 3.05) is 11.9 Å². The van der Waals surface area contributed by atoms with Crippen LogP contribution in [0.3, 0.4) is 0 Å². The summed E-state index contributed by atoms with van der Waals surface area (Å²) in [5, 5.41) is 5.14. The Labute approximate surface area is 200 Å². The molecule has 0 heterocycles.